The van der Waals surface area contributed by atoms with Gasteiger partial charge in [0, 0.05) is 44.7 Å². The number of imidazole rings is 1. The predicted molar refractivity (Wildman–Crippen MR) is 68.9 cm³/mol. The van der Waals surface area contributed by atoms with E-state index < -0.39 is 0 Å². The Kier molecular flexibility index (Phi) is 5.91. The van der Waals surface area contributed by atoms with E-state index in [1.165, 1.54) is 0 Å². The maximum Gasteiger partial charge on any atom is 0.133 e. The summed E-state index contributed by atoms with van der Waals surface area (Å²) in [5.41, 5.74) is 0. The van der Waals surface area contributed by atoms with Crippen LogP contribution in [-0.2, 0) is 18.3 Å². The van der Waals surface area contributed by atoms with Crippen LogP contribution in [0.15, 0.2) is 12.4 Å². The van der Waals surface area contributed by atoms with Crippen LogP contribution in [0.3, 0.4) is 0 Å². The van der Waals surface area contributed by atoms with Gasteiger partial charge in [0.05, 0.1) is 0 Å². The van der Waals surface area contributed by atoms with Gasteiger partial charge < -0.3 is 9.88 Å². The first-order valence-corrected chi connectivity index (χ1v) is 6.31. The lowest BCUT2D eigenvalue weighted by atomic mass is 10.1. The fourth-order valence-corrected chi connectivity index (χ4v) is 1.69. The molecular weight excluding hydrogens is 214 g/mol. The lowest BCUT2D eigenvalue weighted by Gasteiger charge is -2.07. The molecule has 0 bridgehead atoms. The number of hydrogen-bond donors (Lipinski definition) is 1. The van der Waals surface area contributed by atoms with Crippen molar-refractivity contribution in [2.24, 2.45) is 7.05 Å². The van der Waals surface area contributed by atoms with Crippen molar-refractivity contribution in [1.82, 2.24) is 14.9 Å². The van der Waals surface area contributed by atoms with Crippen LogP contribution < -0.4 is 5.32 Å². The molecular formula is C13H23N3O. The highest BCUT2D eigenvalue weighted by atomic mass is 16.1. The van der Waals surface area contributed by atoms with Crippen LogP contribution in [0, 0.1) is 0 Å². The number of nitrogens with one attached hydrogen (secondary N) is 1. The average molecular weight is 237 g/mol. The molecule has 0 unspecified atom stereocenters. The zero-order chi connectivity index (χ0) is 12.7. The van der Waals surface area contributed by atoms with Gasteiger partial charge in [0.2, 0.25) is 0 Å². The van der Waals surface area contributed by atoms with Gasteiger partial charge in [-0.1, -0.05) is 13.8 Å². The Morgan fingerprint density at radius 1 is 1.47 bits per heavy atom. The lowest BCUT2D eigenvalue weighted by molar-refractivity contribution is -0.119. The van der Waals surface area contributed by atoms with Crippen LogP contribution in [0.4, 0.5) is 0 Å². The fraction of sp³-hybridized carbons (Fsp3) is 0.692. The highest BCUT2D eigenvalue weighted by Crippen LogP contribution is 2.02. The molecule has 1 N–H and O–H groups in total. The van der Waals surface area contributed by atoms with Crippen molar-refractivity contribution in [3.63, 3.8) is 0 Å². The molecule has 0 aromatic carbocycles. The van der Waals surface area contributed by atoms with Crippen molar-refractivity contribution >= 4 is 5.78 Å². The molecule has 1 rings (SSSR count). The summed E-state index contributed by atoms with van der Waals surface area (Å²) in [5, 5.41) is 3.31. The van der Waals surface area contributed by atoms with Crippen LogP contribution >= 0.6 is 0 Å². The zero-order valence-corrected chi connectivity index (χ0v) is 11.1. The molecule has 1 aromatic heterocycles. The molecule has 0 radical (unpaired) electrons. The van der Waals surface area contributed by atoms with Gasteiger partial charge in [-0.25, -0.2) is 4.98 Å². The Morgan fingerprint density at radius 2 is 2.24 bits per heavy atom. The van der Waals surface area contributed by atoms with Crippen molar-refractivity contribution in [1.29, 1.82) is 0 Å². The van der Waals surface area contributed by atoms with Gasteiger partial charge in [0.1, 0.15) is 11.6 Å². The molecule has 0 atom stereocenters. The second-order valence-electron chi connectivity index (χ2n) is 4.71. The van der Waals surface area contributed by atoms with Gasteiger partial charge in [0.25, 0.3) is 0 Å². The number of nitrogens with zero attached hydrogens (tertiary/aromatic N) is 2. The summed E-state index contributed by atoms with van der Waals surface area (Å²) >= 11 is 0. The van der Waals surface area contributed by atoms with Crippen LogP contribution in [-0.4, -0.2) is 27.9 Å². The Morgan fingerprint density at radius 3 is 2.82 bits per heavy atom. The largest absolute Gasteiger partial charge is 0.338 e. The smallest absolute Gasteiger partial charge is 0.133 e. The number of hydrogen-bond acceptors (Lipinski definition) is 3. The number of carbonyl (C=O) groups is 1. The number of aryl methyl sites for hydroxylation is 2. The van der Waals surface area contributed by atoms with Crippen LogP contribution in [0.5, 0.6) is 0 Å². The molecule has 0 aliphatic heterocycles. The van der Waals surface area contributed by atoms with E-state index in [2.05, 4.69) is 24.1 Å². The Balaban J connectivity index is 2.11. The van der Waals surface area contributed by atoms with E-state index in [9.17, 15) is 4.79 Å². The van der Waals surface area contributed by atoms with E-state index in [1.807, 2.05) is 17.8 Å². The third kappa shape index (κ3) is 5.63. The predicted octanol–water partition coefficient (Wildman–Crippen LogP) is 1.70. The van der Waals surface area contributed by atoms with Gasteiger partial charge in [0.15, 0.2) is 0 Å². The monoisotopic (exact) mass is 237 g/mol. The first kappa shape index (κ1) is 13.9. The molecule has 17 heavy (non-hydrogen) atoms. The number of ketones is 1. The topological polar surface area (TPSA) is 46.9 Å². The van der Waals surface area contributed by atoms with Crippen molar-refractivity contribution in [2.45, 2.75) is 45.6 Å². The van der Waals surface area contributed by atoms with Crippen molar-refractivity contribution < 1.29 is 4.79 Å². The first-order chi connectivity index (χ1) is 8.09. The number of rotatable bonds is 8. The molecule has 4 nitrogen and oxygen atoms in total. The quantitative estimate of drug-likeness (QED) is 0.700. The van der Waals surface area contributed by atoms with E-state index in [4.69, 9.17) is 0 Å². The molecule has 0 fully saturated rings. The van der Waals surface area contributed by atoms with Gasteiger partial charge in [-0.2, -0.15) is 0 Å². The summed E-state index contributed by atoms with van der Waals surface area (Å²) < 4.78 is 1.97. The van der Waals surface area contributed by atoms with E-state index in [-0.39, 0.29) is 0 Å². The van der Waals surface area contributed by atoms with Gasteiger partial charge in [-0.15, -0.1) is 0 Å². The number of carbonyl (C=O) groups excluding carboxylic acids is 1. The molecule has 96 valence electrons. The summed E-state index contributed by atoms with van der Waals surface area (Å²) in [6, 6.07) is 0.498. The first-order valence-electron chi connectivity index (χ1n) is 6.31. The third-order valence-corrected chi connectivity index (χ3v) is 2.73. The SMILES string of the molecule is CC(C)NCCCC(=O)CCc1nccn1C. The standard InChI is InChI=1S/C13H23N3O/c1-11(2)14-8-4-5-12(17)6-7-13-15-9-10-16(13)3/h9-11,14H,4-8H2,1-3H3. The van der Waals surface area contributed by atoms with Crippen molar-refractivity contribution in [3.05, 3.63) is 18.2 Å². The summed E-state index contributed by atoms with van der Waals surface area (Å²) in [7, 11) is 1.96. The van der Waals surface area contributed by atoms with Crippen molar-refractivity contribution in [3.8, 4) is 0 Å². The minimum absolute atomic E-state index is 0.332. The van der Waals surface area contributed by atoms with E-state index in [0.717, 1.165) is 25.2 Å². The highest BCUT2D eigenvalue weighted by Gasteiger charge is 2.05. The van der Waals surface area contributed by atoms with Crippen molar-refractivity contribution in [2.75, 3.05) is 6.54 Å². The third-order valence-electron chi connectivity index (χ3n) is 2.73. The normalized spacial score (nSPS) is 11.1. The van der Waals surface area contributed by atoms with Crippen LogP contribution in [0.2, 0.25) is 0 Å². The Labute approximate surface area is 103 Å². The van der Waals surface area contributed by atoms with Gasteiger partial charge in [-0.3, -0.25) is 4.79 Å². The lowest BCUT2D eigenvalue weighted by Crippen LogP contribution is -2.24. The molecule has 1 heterocycles. The van der Waals surface area contributed by atoms with Gasteiger partial charge >= 0.3 is 0 Å². The Bertz CT molecular complexity index is 344. The summed E-state index contributed by atoms with van der Waals surface area (Å²) in [4.78, 5) is 15.8. The van der Waals surface area contributed by atoms with E-state index >= 15 is 0 Å². The molecule has 4 heteroatoms. The molecule has 0 aliphatic carbocycles. The maximum absolute atomic E-state index is 11.6. The van der Waals surface area contributed by atoms with Crippen LogP contribution in [0.25, 0.3) is 0 Å². The summed E-state index contributed by atoms with van der Waals surface area (Å²) in [6.45, 7) is 5.15. The second-order valence-corrected chi connectivity index (χ2v) is 4.71. The van der Waals surface area contributed by atoms with Crippen LogP contribution in [0.1, 0.15) is 38.9 Å². The molecule has 0 amide bonds. The summed E-state index contributed by atoms with van der Waals surface area (Å²) in [6.07, 6.45) is 6.63. The maximum atomic E-state index is 11.6. The molecule has 0 saturated carbocycles. The molecule has 1 aromatic rings. The van der Waals surface area contributed by atoms with E-state index in [0.29, 0.717) is 24.7 Å². The molecule has 0 aliphatic rings. The Hall–Kier alpha value is -1.16. The fourth-order valence-electron chi connectivity index (χ4n) is 1.69. The van der Waals surface area contributed by atoms with E-state index in [1.54, 1.807) is 6.20 Å². The minimum Gasteiger partial charge on any atom is -0.338 e. The average Bonchev–Trinajstić information content (AvgIpc) is 2.67. The second kappa shape index (κ2) is 7.22. The summed E-state index contributed by atoms with van der Waals surface area (Å²) in [5.74, 6) is 1.32. The zero-order valence-electron chi connectivity index (χ0n) is 11.1. The van der Waals surface area contributed by atoms with Gasteiger partial charge in [-0.05, 0) is 13.0 Å². The highest BCUT2D eigenvalue weighted by molar-refractivity contribution is 5.78. The number of aromatic nitrogens is 2. The minimum atomic E-state index is 0.332. The molecule has 0 saturated heterocycles. The molecule has 0 spiro atoms. The number of Topliss-reactive ketones (excluding diaryl/α,β-unsaturated/α-hetero) is 1.